The zero-order valence-electron chi connectivity index (χ0n) is 13.3. The van der Waals surface area contributed by atoms with Crippen LogP contribution in [0, 0.1) is 0 Å². The third-order valence-electron chi connectivity index (χ3n) is 4.40. The van der Waals surface area contributed by atoms with Gasteiger partial charge < -0.3 is 14.8 Å². The molecule has 0 spiro atoms. The normalized spacial score (nSPS) is 16.7. The maximum Gasteiger partial charge on any atom is 0.170 e. The fourth-order valence-corrected chi connectivity index (χ4v) is 4.34. The third kappa shape index (κ3) is 2.97. The van der Waals surface area contributed by atoms with E-state index < -0.39 is 0 Å². The smallest absolute Gasteiger partial charge is 0.170 e. The number of thiocarbonyl (C=S) groups is 1. The molecule has 0 aliphatic carbocycles. The average molecular weight is 354 g/mol. The van der Waals surface area contributed by atoms with Crippen molar-refractivity contribution in [2.45, 2.75) is 19.1 Å². The standard InChI is InChI=1S/C19H19N3S2/c23-19(20-14-15-6-2-1-3-7-15)22-12-11-21-10-4-8-16(21)18(22)17-9-5-13-24-17/h1-10,13,18H,11-12,14H2,(H,20,23)/t18-/m0/s1. The molecule has 1 aliphatic rings. The molecule has 3 heterocycles. The van der Waals surface area contributed by atoms with Gasteiger partial charge >= 0.3 is 0 Å². The van der Waals surface area contributed by atoms with Gasteiger partial charge in [0, 0.05) is 36.4 Å². The SMILES string of the molecule is S=C(NCc1ccccc1)N1CCn2cccc2[C@H]1c1cccs1. The number of hydrogen-bond donors (Lipinski definition) is 1. The Balaban J connectivity index is 1.56. The molecule has 1 aliphatic heterocycles. The molecule has 122 valence electrons. The van der Waals surface area contributed by atoms with Crippen molar-refractivity contribution in [2.75, 3.05) is 6.54 Å². The van der Waals surface area contributed by atoms with Crippen molar-refractivity contribution in [3.63, 3.8) is 0 Å². The molecule has 1 aromatic carbocycles. The summed E-state index contributed by atoms with van der Waals surface area (Å²) in [5.74, 6) is 0. The fraction of sp³-hybridized carbons (Fsp3) is 0.211. The van der Waals surface area contributed by atoms with Gasteiger partial charge in [0.05, 0.1) is 0 Å². The van der Waals surface area contributed by atoms with Gasteiger partial charge in [-0.3, -0.25) is 0 Å². The lowest BCUT2D eigenvalue weighted by molar-refractivity contribution is 0.289. The summed E-state index contributed by atoms with van der Waals surface area (Å²) in [7, 11) is 0. The van der Waals surface area contributed by atoms with Crippen LogP contribution >= 0.6 is 23.6 Å². The van der Waals surface area contributed by atoms with E-state index in [1.54, 1.807) is 11.3 Å². The van der Waals surface area contributed by atoms with E-state index >= 15 is 0 Å². The minimum absolute atomic E-state index is 0.199. The van der Waals surface area contributed by atoms with Gasteiger partial charge in [-0.05, 0) is 41.4 Å². The Morgan fingerprint density at radius 1 is 1.08 bits per heavy atom. The predicted molar refractivity (Wildman–Crippen MR) is 103 cm³/mol. The Morgan fingerprint density at radius 2 is 1.96 bits per heavy atom. The minimum Gasteiger partial charge on any atom is -0.358 e. The second kappa shape index (κ2) is 6.79. The molecular formula is C19H19N3S2. The summed E-state index contributed by atoms with van der Waals surface area (Å²) in [5.41, 5.74) is 2.56. The average Bonchev–Trinajstić information content (AvgIpc) is 3.31. The lowest BCUT2D eigenvalue weighted by atomic mass is 10.1. The number of rotatable bonds is 3. The monoisotopic (exact) mass is 353 g/mol. The van der Waals surface area contributed by atoms with E-state index in [0.29, 0.717) is 0 Å². The van der Waals surface area contributed by atoms with Crippen LogP contribution in [0.25, 0.3) is 0 Å². The topological polar surface area (TPSA) is 20.2 Å². The Hall–Kier alpha value is -2.11. The van der Waals surface area contributed by atoms with Crippen LogP contribution in [-0.4, -0.2) is 21.1 Å². The van der Waals surface area contributed by atoms with Crippen molar-refractivity contribution in [1.82, 2.24) is 14.8 Å². The molecule has 0 unspecified atom stereocenters. The van der Waals surface area contributed by atoms with Gasteiger partial charge in [-0.1, -0.05) is 36.4 Å². The van der Waals surface area contributed by atoms with Crippen LogP contribution in [0.5, 0.6) is 0 Å². The molecule has 2 aromatic heterocycles. The number of fused-ring (bicyclic) bond motifs is 1. The summed E-state index contributed by atoms with van der Waals surface area (Å²) < 4.78 is 2.33. The largest absolute Gasteiger partial charge is 0.358 e. The lowest BCUT2D eigenvalue weighted by Crippen LogP contribution is -2.46. The molecule has 3 aromatic rings. The number of aromatic nitrogens is 1. The number of thiophene rings is 1. The van der Waals surface area contributed by atoms with Crippen molar-refractivity contribution in [2.24, 2.45) is 0 Å². The van der Waals surface area contributed by atoms with Crippen molar-refractivity contribution in [3.8, 4) is 0 Å². The highest BCUT2D eigenvalue weighted by Crippen LogP contribution is 2.34. The van der Waals surface area contributed by atoms with E-state index in [4.69, 9.17) is 12.2 Å². The first-order valence-electron chi connectivity index (χ1n) is 8.10. The summed E-state index contributed by atoms with van der Waals surface area (Å²) in [4.78, 5) is 3.65. The quantitative estimate of drug-likeness (QED) is 0.718. The Bertz CT molecular complexity index is 808. The van der Waals surface area contributed by atoms with E-state index in [9.17, 15) is 0 Å². The van der Waals surface area contributed by atoms with Gasteiger partial charge in [0.1, 0.15) is 6.04 Å². The molecule has 3 nitrogen and oxygen atoms in total. The van der Waals surface area contributed by atoms with E-state index in [-0.39, 0.29) is 6.04 Å². The zero-order valence-corrected chi connectivity index (χ0v) is 14.9. The molecule has 0 radical (unpaired) electrons. The summed E-state index contributed by atoms with van der Waals surface area (Å²) in [6.07, 6.45) is 2.16. The maximum absolute atomic E-state index is 5.74. The van der Waals surface area contributed by atoms with E-state index in [1.807, 2.05) is 6.07 Å². The molecular weight excluding hydrogens is 334 g/mol. The van der Waals surface area contributed by atoms with Crippen LogP contribution in [0.4, 0.5) is 0 Å². The first-order valence-corrected chi connectivity index (χ1v) is 9.38. The highest BCUT2D eigenvalue weighted by Gasteiger charge is 2.30. The number of nitrogens with zero attached hydrogens (tertiary/aromatic N) is 2. The van der Waals surface area contributed by atoms with Crippen molar-refractivity contribution in [3.05, 3.63) is 82.3 Å². The third-order valence-corrected chi connectivity index (χ3v) is 5.70. The highest BCUT2D eigenvalue weighted by molar-refractivity contribution is 7.80. The van der Waals surface area contributed by atoms with E-state index in [1.165, 1.54) is 16.1 Å². The second-order valence-electron chi connectivity index (χ2n) is 5.88. The summed E-state index contributed by atoms with van der Waals surface area (Å²) in [6, 6.07) is 19.2. The minimum atomic E-state index is 0.199. The van der Waals surface area contributed by atoms with Crippen LogP contribution in [0.1, 0.15) is 22.2 Å². The molecule has 5 heteroatoms. The Labute approximate surface area is 151 Å². The highest BCUT2D eigenvalue weighted by atomic mass is 32.1. The van der Waals surface area contributed by atoms with Gasteiger partial charge in [-0.2, -0.15) is 0 Å². The van der Waals surface area contributed by atoms with E-state index in [0.717, 1.165) is 24.7 Å². The lowest BCUT2D eigenvalue weighted by Gasteiger charge is -2.38. The van der Waals surface area contributed by atoms with Crippen LogP contribution in [0.3, 0.4) is 0 Å². The van der Waals surface area contributed by atoms with Gasteiger partial charge in [-0.15, -0.1) is 11.3 Å². The van der Waals surface area contributed by atoms with Crippen LogP contribution < -0.4 is 5.32 Å². The molecule has 1 N–H and O–H groups in total. The molecule has 4 rings (SSSR count). The van der Waals surface area contributed by atoms with Gasteiger partial charge in [-0.25, -0.2) is 0 Å². The number of benzene rings is 1. The van der Waals surface area contributed by atoms with Gasteiger partial charge in [0.2, 0.25) is 0 Å². The zero-order chi connectivity index (χ0) is 16.4. The summed E-state index contributed by atoms with van der Waals surface area (Å²) in [6.45, 7) is 2.65. The van der Waals surface area contributed by atoms with Crippen molar-refractivity contribution >= 4 is 28.7 Å². The first kappa shape index (κ1) is 15.4. The fourth-order valence-electron chi connectivity index (χ4n) is 3.22. The molecule has 0 amide bonds. The molecule has 24 heavy (non-hydrogen) atoms. The molecule has 0 fully saturated rings. The maximum atomic E-state index is 5.74. The van der Waals surface area contributed by atoms with Crippen LogP contribution in [0.15, 0.2) is 66.2 Å². The number of nitrogens with one attached hydrogen (secondary N) is 1. The van der Waals surface area contributed by atoms with Crippen molar-refractivity contribution in [1.29, 1.82) is 0 Å². The second-order valence-corrected chi connectivity index (χ2v) is 7.25. The summed E-state index contributed by atoms with van der Waals surface area (Å²) in [5, 5.41) is 6.39. The van der Waals surface area contributed by atoms with E-state index in [2.05, 4.69) is 74.9 Å². The van der Waals surface area contributed by atoms with Gasteiger partial charge in [0.25, 0.3) is 0 Å². The van der Waals surface area contributed by atoms with Crippen LogP contribution in [0.2, 0.25) is 0 Å². The molecule has 0 saturated carbocycles. The predicted octanol–water partition coefficient (Wildman–Crippen LogP) is 4.03. The van der Waals surface area contributed by atoms with Crippen molar-refractivity contribution < 1.29 is 0 Å². The Morgan fingerprint density at radius 3 is 2.75 bits per heavy atom. The summed E-state index contributed by atoms with van der Waals surface area (Å²) >= 11 is 7.53. The Kier molecular flexibility index (Phi) is 4.36. The van der Waals surface area contributed by atoms with Gasteiger partial charge in [0.15, 0.2) is 5.11 Å². The molecule has 1 atom stereocenters. The molecule has 0 saturated heterocycles. The number of hydrogen-bond acceptors (Lipinski definition) is 2. The molecule has 0 bridgehead atoms. The first-order chi connectivity index (χ1) is 11.8. The van der Waals surface area contributed by atoms with Crippen LogP contribution in [-0.2, 0) is 13.1 Å².